The van der Waals surface area contributed by atoms with Gasteiger partial charge >= 0.3 is 0 Å². The molecule has 0 fully saturated rings. The topological polar surface area (TPSA) is 12.9 Å². The Morgan fingerprint density at radius 1 is 1.45 bits per heavy atom. The molecule has 60 valence electrons. The van der Waals surface area contributed by atoms with Gasteiger partial charge in [0.25, 0.3) is 0 Å². The normalized spacial score (nSPS) is 13.0. The molecule has 1 heterocycles. The first-order valence-electron chi connectivity index (χ1n) is 4.17. The molecule has 0 aliphatic carbocycles. The van der Waals surface area contributed by atoms with Crippen molar-refractivity contribution >= 4 is 0 Å². The zero-order valence-electron chi connectivity index (χ0n) is 7.46. The van der Waals surface area contributed by atoms with E-state index >= 15 is 0 Å². The lowest BCUT2D eigenvalue weighted by Gasteiger charge is -2.07. The maximum atomic E-state index is 4.44. The molecule has 0 aliphatic heterocycles. The van der Waals surface area contributed by atoms with E-state index in [0.717, 1.165) is 12.1 Å². The number of hydrogen-bond donors (Lipinski definition) is 0. The van der Waals surface area contributed by atoms with Crippen LogP contribution >= 0.6 is 0 Å². The van der Waals surface area contributed by atoms with Gasteiger partial charge in [-0.05, 0) is 31.4 Å². The smallest absolute Gasteiger partial charge is 0.0434 e. The number of hydrogen-bond acceptors (Lipinski definition) is 1. The second kappa shape index (κ2) is 3.51. The summed E-state index contributed by atoms with van der Waals surface area (Å²) in [6, 6.07) is 6.21. The van der Waals surface area contributed by atoms with Crippen molar-refractivity contribution < 1.29 is 0 Å². The Labute approximate surface area is 68.5 Å². The fraction of sp³-hybridized carbons (Fsp3) is 0.500. The molecule has 1 aromatic heterocycles. The van der Waals surface area contributed by atoms with Gasteiger partial charge in [-0.2, -0.15) is 0 Å². The Morgan fingerprint density at radius 3 is 2.73 bits per heavy atom. The fourth-order valence-corrected chi connectivity index (χ4v) is 1.05. The van der Waals surface area contributed by atoms with Crippen molar-refractivity contribution in [2.24, 2.45) is 0 Å². The van der Waals surface area contributed by atoms with Crippen LogP contribution in [0.2, 0.25) is 0 Å². The van der Waals surface area contributed by atoms with Crippen molar-refractivity contribution in [2.75, 3.05) is 0 Å². The summed E-state index contributed by atoms with van der Waals surface area (Å²) in [5, 5.41) is 0. The van der Waals surface area contributed by atoms with E-state index < -0.39 is 0 Å². The highest BCUT2D eigenvalue weighted by atomic mass is 14.7. The molecule has 1 nitrogen and oxygen atoms in total. The fourth-order valence-electron chi connectivity index (χ4n) is 1.05. The molecule has 1 atom stereocenters. The van der Waals surface area contributed by atoms with E-state index in [1.54, 1.807) is 0 Å². The van der Waals surface area contributed by atoms with Crippen molar-refractivity contribution in [3.63, 3.8) is 0 Å². The number of nitrogens with zero attached hydrogens (tertiary/aromatic N) is 1. The van der Waals surface area contributed by atoms with Crippen LogP contribution in [0.3, 0.4) is 0 Å². The Balaban J connectivity index is 2.86. The SMILES string of the molecule is CC[C@@H](C)c1cccc(C)n1. The van der Waals surface area contributed by atoms with Gasteiger partial charge < -0.3 is 0 Å². The van der Waals surface area contributed by atoms with Gasteiger partial charge in [-0.25, -0.2) is 0 Å². The molecule has 0 aliphatic rings. The second-order valence-electron chi connectivity index (χ2n) is 3.01. The summed E-state index contributed by atoms with van der Waals surface area (Å²) < 4.78 is 0. The summed E-state index contributed by atoms with van der Waals surface area (Å²) in [5.41, 5.74) is 2.33. The highest BCUT2D eigenvalue weighted by Gasteiger charge is 2.02. The minimum atomic E-state index is 0.592. The molecule has 0 radical (unpaired) electrons. The Kier molecular flexibility index (Phi) is 2.64. The Hall–Kier alpha value is -0.850. The minimum absolute atomic E-state index is 0.592. The molecule has 0 amide bonds. The van der Waals surface area contributed by atoms with Crippen molar-refractivity contribution in [3.05, 3.63) is 29.6 Å². The number of aromatic nitrogens is 1. The molecule has 0 aromatic carbocycles. The van der Waals surface area contributed by atoms with E-state index in [2.05, 4.69) is 31.0 Å². The molecule has 0 spiro atoms. The van der Waals surface area contributed by atoms with Crippen LogP contribution in [0.5, 0.6) is 0 Å². The van der Waals surface area contributed by atoms with Crippen LogP contribution < -0.4 is 0 Å². The van der Waals surface area contributed by atoms with Crippen molar-refractivity contribution in [1.29, 1.82) is 0 Å². The lowest BCUT2D eigenvalue weighted by molar-refractivity contribution is 0.705. The lowest BCUT2D eigenvalue weighted by atomic mass is 10.0. The third kappa shape index (κ3) is 2.04. The highest BCUT2D eigenvalue weighted by Crippen LogP contribution is 2.15. The Bertz CT molecular complexity index is 230. The molecule has 0 bridgehead atoms. The number of rotatable bonds is 2. The highest BCUT2D eigenvalue weighted by molar-refractivity contribution is 5.12. The summed E-state index contributed by atoms with van der Waals surface area (Å²) >= 11 is 0. The van der Waals surface area contributed by atoms with Gasteiger partial charge in [-0.1, -0.05) is 19.9 Å². The molecule has 1 heteroatoms. The molecule has 1 rings (SSSR count). The lowest BCUT2D eigenvalue weighted by Crippen LogP contribution is -1.95. The summed E-state index contributed by atoms with van der Waals surface area (Å²) in [6.45, 7) is 6.43. The van der Waals surface area contributed by atoms with Gasteiger partial charge in [-0.3, -0.25) is 4.98 Å². The minimum Gasteiger partial charge on any atom is -0.258 e. The average molecular weight is 149 g/mol. The standard InChI is InChI=1S/C10H15N/c1-4-8(2)10-7-5-6-9(3)11-10/h5-8H,4H2,1-3H3/t8-/m1/s1. The second-order valence-corrected chi connectivity index (χ2v) is 3.01. The monoisotopic (exact) mass is 149 g/mol. The predicted octanol–water partition coefficient (Wildman–Crippen LogP) is 2.90. The van der Waals surface area contributed by atoms with Crippen LogP contribution in [0.25, 0.3) is 0 Å². The van der Waals surface area contributed by atoms with Gasteiger partial charge in [-0.15, -0.1) is 0 Å². The first-order valence-corrected chi connectivity index (χ1v) is 4.17. The summed E-state index contributed by atoms with van der Waals surface area (Å²) in [5.74, 6) is 0.592. The maximum Gasteiger partial charge on any atom is 0.0434 e. The molecule has 0 unspecified atom stereocenters. The van der Waals surface area contributed by atoms with E-state index in [4.69, 9.17) is 0 Å². The predicted molar refractivity (Wildman–Crippen MR) is 47.7 cm³/mol. The van der Waals surface area contributed by atoms with Crippen LogP contribution in [0, 0.1) is 6.92 Å². The molecular weight excluding hydrogens is 134 g/mol. The largest absolute Gasteiger partial charge is 0.258 e. The summed E-state index contributed by atoms with van der Waals surface area (Å²) in [4.78, 5) is 4.44. The van der Waals surface area contributed by atoms with E-state index in [-0.39, 0.29) is 0 Å². The van der Waals surface area contributed by atoms with E-state index in [1.807, 2.05) is 13.0 Å². The maximum absolute atomic E-state index is 4.44. The van der Waals surface area contributed by atoms with Crippen LogP contribution in [-0.2, 0) is 0 Å². The first kappa shape index (κ1) is 8.25. The van der Waals surface area contributed by atoms with Gasteiger partial charge in [0, 0.05) is 11.4 Å². The molecule has 1 aromatic rings. The third-order valence-corrected chi connectivity index (χ3v) is 2.03. The van der Waals surface area contributed by atoms with Gasteiger partial charge in [0.1, 0.15) is 0 Å². The van der Waals surface area contributed by atoms with Gasteiger partial charge in [0.05, 0.1) is 0 Å². The Morgan fingerprint density at radius 2 is 2.18 bits per heavy atom. The molecule has 11 heavy (non-hydrogen) atoms. The number of pyridine rings is 1. The first-order chi connectivity index (χ1) is 5.24. The van der Waals surface area contributed by atoms with Gasteiger partial charge in [0.2, 0.25) is 0 Å². The van der Waals surface area contributed by atoms with E-state index in [1.165, 1.54) is 5.69 Å². The zero-order chi connectivity index (χ0) is 8.27. The van der Waals surface area contributed by atoms with E-state index in [0.29, 0.717) is 5.92 Å². The quantitative estimate of drug-likeness (QED) is 0.630. The van der Waals surface area contributed by atoms with Crippen molar-refractivity contribution in [1.82, 2.24) is 4.98 Å². The number of aryl methyl sites for hydroxylation is 1. The molecule has 0 saturated carbocycles. The summed E-state index contributed by atoms with van der Waals surface area (Å²) in [6.07, 6.45) is 1.16. The van der Waals surface area contributed by atoms with Crippen LogP contribution in [0.4, 0.5) is 0 Å². The van der Waals surface area contributed by atoms with Crippen LogP contribution in [0.1, 0.15) is 37.6 Å². The molecule has 0 N–H and O–H groups in total. The third-order valence-electron chi connectivity index (χ3n) is 2.03. The summed E-state index contributed by atoms with van der Waals surface area (Å²) in [7, 11) is 0. The van der Waals surface area contributed by atoms with Gasteiger partial charge in [0.15, 0.2) is 0 Å². The van der Waals surface area contributed by atoms with Crippen molar-refractivity contribution in [3.8, 4) is 0 Å². The zero-order valence-corrected chi connectivity index (χ0v) is 7.46. The van der Waals surface area contributed by atoms with Crippen molar-refractivity contribution in [2.45, 2.75) is 33.1 Å². The van der Waals surface area contributed by atoms with Crippen LogP contribution in [-0.4, -0.2) is 4.98 Å². The van der Waals surface area contributed by atoms with Crippen LogP contribution in [0.15, 0.2) is 18.2 Å². The average Bonchev–Trinajstić information content (AvgIpc) is 2.03. The molecule has 0 saturated heterocycles. The van der Waals surface area contributed by atoms with E-state index in [9.17, 15) is 0 Å². The molecular formula is C10H15N.